The van der Waals surface area contributed by atoms with E-state index in [1.165, 1.54) is 19.4 Å². The molecule has 2 rings (SSSR count). The van der Waals surface area contributed by atoms with E-state index in [-0.39, 0.29) is 0 Å². The number of nitrogens with one attached hydrogen (secondary N) is 1. The minimum Gasteiger partial charge on any atom is -0.359 e. The number of anilines is 1. The van der Waals surface area contributed by atoms with Crippen LogP contribution in [0.25, 0.3) is 0 Å². The molecule has 1 aromatic rings. The van der Waals surface area contributed by atoms with E-state index in [2.05, 4.69) is 33.0 Å². The first-order valence-corrected chi connectivity index (χ1v) is 5.20. The van der Waals surface area contributed by atoms with Crippen molar-refractivity contribution in [1.29, 1.82) is 0 Å². The molecule has 1 N–H and O–H groups in total. The van der Waals surface area contributed by atoms with Crippen molar-refractivity contribution in [3.63, 3.8) is 0 Å². The Morgan fingerprint density at radius 1 is 1.57 bits per heavy atom. The fourth-order valence-electron chi connectivity index (χ4n) is 2.17. The second-order valence-electron chi connectivity index (χ2n) is 3.97. The van der Waals surface area contributed by atoms with Gasteiger partial charge in [-0.1, -0.05) is 0 Å². The molecule has 1 fully saturated rings. The summed E-state index contributed by atoms with van der Waals surface area (Å²) in [6.45, 7) is 2.35. The van der Waals surface area contributed by atoms with Gasteiger partial charge >= 0.3 is 0 Å². The molecule has 4 heteroatoms. The molecule has 0 aliphatic carbocycles. The van der Waals surface area contributed by atoms with Crippen LogP contribution in [-0.4, -0.2) is 41.6 Å². The van der Waals surface area contributed by atoms with Gasteiger partial charge in [0.05, 0.1) is 0 Å². The van der Waals surface area contributed by atoms with Gasteiger partial charge in [0.25, 0.3) is 0 Å². The van der Waals surface area contributed by atoms with Crippen molar-refractivity contribution in [2.75, 3.05) is 32.5 Å². The van der Waals surface area contributed by atoms with Crippen molar-refractivity contribution >= 4 is 5.95 Å². The zero-order chi connectivity index (χ0) is 9.97. The Labute approximate surface area is 84.9 Å². The minimum absolute atomic E-state index is 0.582. The summed E-state index contributed by atoms with van der Waals surface area (Å²) < 4.78 is 2.25. The van der Waals surface area contributed by atoms with Gasteiger partial charge in [-0.25, -0.2) is 4.98 Å². The Morgan fingerprint density at radius 3 is 3.14 bits per heavy atom. The van der Waals surface area contributed by atoms with E-state index in [9.17, 15) is 0 Å². The summed E-state index contributed by atoms with van der Waals surface area (Å²) in [6, 6.07) is 0.582. The van der Waals surface area contributed by atoms with Crippen molar-refractivity contribution in [3.05, 3.63) is 12.4 Å². The molecule has 1 aliphatic rings. The summed E-state index contributed by atoms with van der Waals surface area (Å²) in [6.07, 6.45) is 6.47. The maximum absolute atomic E-state index is 4.27. The van der Waals surface area contributed by atoms with E-state index in [0.717, 1.165) is 12.5 Å². The molecule has 2 heterocycles. The van der Waals surface area contributed by atoms with Gasteiger partial charge < -0.3 is 14.8 Å². The largest absolute Gasteiger partial charge is 0.359 e. The second-order valence-corrected chi connectivity index (χ2v) is 3.97. The normalized spacial score (nSPS) is 23.7. The standard InChI is InChI=1S/C10H18N4/c1-11-10-12-5-7-14(10)9-4-3-6-13(2)8-9/h5,7,9H,3-4,6,8H2,1-2H3,(H,11,12). The zero-order valence-electron chi connectivity index (χ0n) is 8.90. The molecule has 0 aromatic carbocycles. The number of hydrogen-bond donors (Lipinski definition) is 1. The molecular formula is C10H18N4. The molecule has 1 saturated heterocycles. The van der Waals surface area contributed by atoms with E-state index in [0.29, 0.717) is 6.04 Å². The first-order valence-electron chi connectivity index (χ1n) is 5.20. The monoisotopic (exact) mass is 194 g/mol. The predicted octanol–water partition coefficient (Wildman–Crippen LogP) is 1.19. The molecule has 1 atom stereocenters. The Hall–Kier alpha value is -1.03. The quantitative estimate of drug-likeness (QED) is 0.767. The highest BCUT2D eigenvalue weighted by Crippen LogP contribution is 2.23. The number of likely N-dealkylation sites (tertiary alicyclic amines) is 1. The van der Waals surface area contributed by atoms with Crippen LogP contribution in [0.3, 0.4) is 0 Å². The van der Waals surface area contributed by atoms with Crippen LogP contribution in [0.2, 0.25) is 0 Å². The van der Waals surface area contributed by atoms with Gasteiger partial charge in [0.15, 0.2) is 0 Å². The number of rotatable bonds is 2. The number of nitrogens with zero attached hydrogens (tertiary/aromatic N) is 3. The average Bonchev–Trinajstić information content (AvgIpc) is 2.65. The van der Waals surface area contributed by atoms with Crippen LogP contribution in [0.5, 0.6) is 0 Å². The van der Waals surface area contributed by atoms with Crippen molar-refractivity contribution in [1.82, 2.24) is 14.5 Å². The van der Waals surface area contributed by atoms with Gasteiger partial charge in [-0.3, -0.25) is 0 Å². The Kier molecular flexibility index (Phi) is 2.72. The number of hydrogen-bond acceptors (Lipinski definition) is 3. The summed E-state index contributed by atoms with van der Waals surface area (Å²) in [5.74, 6) is 0.977. The van der Waals surface area contributed by atoms with E-state index >= 15 is 0 Å². The highest BCUT2D eigenvalue weighted by molar-refractivity contribution is 5.25. The summed E-state index contributed by atoms with van der Waals surface area (Å²) in [5, 5.41) is 3.12. The van der Waals surface area contributed by atoms with Crippen LogP contribution < -0.4 is 5.32 Å². The summed E-state index contributed by atoms with van der Waals surface area (Å²) >= 11 is 0. The molecule has 14 heavy (non-hydrogen) atoms. The van der Waals surface area contributed by atoms with Crippen LogP contribution in [0, 0.1) is 0 Å². The number of piperidine rings is 1. The molecule has 0 saturated carbocycles. The third-order valence-corrected chi connectivity index (χ3v) is 2.89. The number of likely N-dealkylation sites (N-methyl/N-ethyl adjacent to an activating group) is 1. The Bertz CT molecular complexity index is 294. The van der Waals surface area contributed by atoms with Gasteiger partial charge in [-0.05, 0) is 26.4 Å². The van der Waals surface area contributed by atoms with Crippen LogP contribution in [0.15, 0.2) is 12.4 Å². The average molecular weight is 194 g/mol. The lowest BCUT2D eigenvalue weighted by atomic mass is 10.1. The van der Waals surface area contributed by atoms with Crippen LogP contribution >= 0.6 is 0 Å². The minimum atomic E-state index is 0.582. The molecule has 4 nitrogen and oxygen atoms in total. The molecule has 78 valence electrons. The molecule has 0 bridgehead atoms. The van der Waals surface area contributed by atoms with Crippen molar-refractivity contribution in [2.45, 2.75) is 18.9 Å². The van der Waals surface area contributed by atoms with Crippen LogP contribution in [0.4, 0.5) is 5.95 Å². The molecular weight excluding hydrogens is 176 g/mol. The van der Waals surface area contributed by atoms with Gasteiger partial charge in [0, 0.05) is 32.0 Å². The van der Waals surface area contributed by atoms with E-state index in [4.69, 9.17) is 0 Å². The molecule has 1 unspecified atom stereocenters. The topological polar surface area (TPSA) is 33.1 Å². The molecule has 1 aliphatic heterocycles. The zero-order valence-corrected chi connectivity index (χ0v) is 8.90. The maximum atomic E-state index is 4.27. The lowest BCUT2D eigenvalue weighted by Crippen LogP contribution is -2.33. The summed E-state index contributed by atoms with van der Waals surface area (Å²) in [7, 11) is 4.10. The molecule has 0 spiro atoms. The highest BCUT2D eigenvalue weighted by Gasteiger charge is 2.19. The molecule has 1 aromatic heterocycles. The first kappa shape index (κ1) is 9.52. The van der Waals surface area contributed by atoms with Crippen molar-refractivity contribution in [3.8, 4) is 0 Å². The molecule has 0 radical (unpaired) electrons. The van der Waals surface area contributed by atoms with Crippen molar-refractivity contribution in [2.24, 2.45) is 0 Å². The van der Waals surface area contributed by atoms with Gasteiger partial charge in [0.2, 0.25) is 5.95 Å². The Balaban J connectivity index is 2.13. The van der Waals surface area contributed by atoms with Gasteiger partial charge in [-0.15, -0.1) is 0 Å². The van der Waals surface area contributed by atoms with E-state index < -0.39 is 0 Å². The third kappa shape index (κ3) is 1.75. The lowest BCUT2D eigenvalue weighted by molar-refractivity contribution is 0.213. The molecule has 0 amide bonds. The smallest absolute Gasteiger partial charge is 0.202 e. The Morgan fingerprint density at radius 2 is 2.43 bits per heavy atom. The number of imidazole rings is 1. The summed E-state index contributed by atoms with van der Waals surface area (Å²) in [5.41, 5.74) is 0. The van der Waals surface area contributed by atoms with Gasteiger partial charge in [0.1, 0.15) is 0 Å². The predicted molar refractivity (Wildman–Crippen MR) is 57.5 cm³/mol. The fraction of sp³-hybridized carbons (Fsp3) is 0.700. The van der Waals surface area contributed by atoms with Crippen LogP contribution in [0.1, 0.15) is 18.9 Å². The number of aromatic nitrogens is 2. The summed E-state index contributed by atoms with van der Waals surface area (Å²) in [4.78, 5) is 6.65. The van der Waals surface area contributed by atoms with Crippen molar-refractivity contribution < 1.29 is 0 Å². The van der Waals surface area contributed by atoms with E-state index in [1.807, 2.05) is 13.2 Å². The fourth-order valence-corrected chi connectivity index (χ4v) is 2.17. The van der Waals surface area contributed by atoms with Gasteiger partial charge in [-0.2, -0.15) is 0 Å². The third-order valence-electron chi connectivity index (χ3n) is 2.89. The SMILES string of the molecule is CNc1nccn1C1CCCN(C)C1. The maximum Gasteiger partial charge on any atom is 0.202 e. The highest BCUT2D eigenvalue weighted by atomic mass is 15.2. The lowest BCUT2D eigenvalue weighted by Gasteiger charge is -2.31. The first-order chi connectivity index (χ1) is 6.81. The second kappa shape index (κ2) is 4.00. The van der Waals surface area contributed by atoms with Crippen LogP contribution in [-0.2, 0) is 0 Å². The van der Waals surface area contributed by atoms with E-state index in [1.54, 1.807) is 0 Å².